The van der Waals surface area contributed by atoms with Gasteiger partial charge in [-0.25, -0.2) is 0 Å². The highest BCUT2D eigenvalue weighted by Crippen LogP contribution is 2.21. The Morgan fingerprint density at radius 2 is 2.04 bits per heavy atom. The summed E-state index contributed by atoms with van der Waals surface area (Å²) in [5.74, 6) is -0.621. The molecule has 0 aliphatic heterocycles. The summed E-state index contributed by atoms with van der Waals surface area (Å²) in [5.41, 5.74) is 1.54. The SMILES string of the molecule is CCOC(=O)CN(CCOC)C(=O)c1cccc2c1ccn2C. The number of nitrogens with zero attached hydrogens (tertiary/aromatic N) is 2. The van der Waals surface area contributed by atoms with Gasteiger partial charge in [-0.05, 0) is 25.1 Å². The van der Waals surface area contributed by atoms with E-state index in [0.717, 1.165) is 10.9 Å². The van der Waals surface area contributed by atoms with Crippen molar-refractivity contribution in [2.75, 3.05) is 33.4 Å². The van der Waals surface area contributed by atoms with Gasteiger partial charge in [0.05, 0.1) is 13.2 Å². The van der Waals surface area contributed by atoms with E-state index < -0.39 is 5.97 Å². The molecular weight excluding hydrogens is 296 g/mol. The van der Waals surface area contributed by atoms with Gasteiger partial charge < -0.3 is 18.9 Å². The number of methoxy groups -OCH3 is 1. The molecule has 0 aliphatic carbocycles. The highest BCUT2D eigenvalue weighted by molar-refractivity contribution is 6.07. The van der Waals surface area contributed by atoms with E-state index >= 15 is 0 Å². The van der Waals surface area contributed by atoms with Crippen LogP contribution in [-0.2, 0) is 21.3 Å². The zero-order chi connectivity index (χ0) is 16.8. The minimum absolute atomic E-state index is 0.0841. The van der Waals surface area contributed by atoms with Gasteiger partial charge in [0.25, 0.3) is 5.91 Å². The lowest BCUT2D eigenvalue weighted by Crippen LogP contribution is -2.38. The standard InChI is InChI=1S/C17H22N2O4/c1-4-23-16(20)12-19(10-11-22-3)17(21)14-6-5-7-15-13(14)8-9-18(15)2/h5-9H,4,10-12H2,1-3H3. The first-order chi connectivity index (χ1) is 11.1. The molecule has 6 heteroatoms. The second-order valence-electron chi connectivity index (χ2n) is 5.19. The second-order valence-corrected chi connectivity index (χ2v) is 5.19. The number of benzene rings is 1. The maximum absolute atomic E-state index is 12.9. The van der Waals surface area contributed by atoms with Crippen LogP contribution in [0.3, 0.4) is 0 Å². The number of ether oxygens (including phenoxy) is 2. The lowest BCUT2D eigenvalue weighted by molar-refractivity contribution is -0.143. The van der Waals surface area contributed by atoms with Crippen LogP contribution in [0, 0.1) is 0 Å². The third-order valence-electron chi connectivity index (χ3n) is 3.64. The Morgan fingerprint density at radius 1 is 1.26 bits per heavy atom. The van der Waals surface area contributed by atoms with E-state index in [0.29, 0.717) is 25.3 Å². The Balaban J connectivity index is 2.29. The van der Waals surface area contributed by atoms with Crippen LogP contribution in [-0.4, -0.2) is 54.8 Å². The first-order valence-corrected chi connectivity index (χ1v) is 7.56. The van der Waals surface area contributed by atoms with Crippen LogP contribution in [0.5, 0.6) is 0 Å². The molecule has 0 saturated heterocycles. The average molecular weight is 318 g/mol. The normalized spacial score (nSPS) is 10.7. The molecule has 1 heterocycles. The molecule has 0 radical (unpaired) electrons. The zero-order valence-electron chi connectivity index (χ0n) is 13.7. The van der Waals surface area contributed by atoms with Crippen LogP contribution >= 0.6 is 0 Å². The van der Waals surface area contributed by atoms with Crippen LogP contribution < -0.4 is 0 Å². The highest BCUT2D eigenvalue weighted by Gasteiger charge is 2.21. The number of amides is 1. The van der Waals surface area contributed by atoms with Crippen molar-refractivity contribution < 1.29 is 19.1 Å². The summed E-state index contributed by atoms with van der Waals surface area (Å²) in [6.45, 7) is 2.63. The fourth-order valence-electron chi connectivity index (χ4n) is 2.48. The van der Waals surface area contributed by atoms with Gasteiger partial charge in [0.15, 0.2) is 0 Å². The van der Waals surface area contributed by atoms with Crippen molar-refractivity contribution in [2.24, 2.45) is 7.05 Å². The van der Waals surface area contributed by atoms with Crippen LogP contribution in [0.25, 0.3) is 10.9 Å². The molecule has 0 bridgehead atoms. The van der Waals surface area contributed by atoms with Crippen molar-refractivity contribution in [1.29, 1.82) is 0 Å². The van der Waals surface area contributed by atoms with Gasteiger partial charge in [-0.2, -0.15) is 0 Å². The number of esters is 1. The molecule has 124 valence electrons. The second kappa shape index (κ2) is 7.78. The molecule has 2 aromatic rings. The summed E-state index contributed by atoms with van der Waals surface area (Å²) >= 11 is 0. The van der Waals surface area contributed by atoms with Crippen molar-refractivity contribution in [3.8, 4) is 0 Å². The fraction of sp³-hybridized carbons (Fsp3) is 0.412. The molecule has 0 unspecified atom stereocenters. The van der Waals surface area contributed by atoms with E-state index in [4.69, 9.17) is 9.47 Å². The van der Waals surface area contributed by atoms with E-state index in [9.17, 15) is 9.59 Å². The molecule has 0 atom stereocenters. The molecule has 1 amide bonds. The van der Waals surface area contributed by atoms with Gasteiger partial charge in [-0.3, -0.25) is 9.59 Å². The summed E-state index contributed by atoms with van der Waals surface area (Å²) in [7, 11) is 3.49. The predicted molar refractivity (Wildman–Crippen MR) is 87.3 cm³/mol. The van der Waals surface area contributed by atoms with Gasteiger partial charge in [-0.15, -0.1) is 0 Å². The Hall–Kier alpha value is -2.34. The third-order valence-corrected chi connectivity index (χ3v) is 3.64. The van der Waals surface area contributed by atoms with E-state index in [1.807, 2.05) is 36.0 Å². The maximum Gasteiger partial charge on any atom is 0.325 e. The zero-order valence-corrected chi connectivity index (χ0v) is 13.7. The molecule has 0 aliphatic rings. The Labute approximate surface area is 135 Å². The number of carbonyl (C=O) groups excluding carboxylic acids is 2. The van der Waals surface area contributed by atoms with Crippen LogP contribution in [0.15, 0.2) is 30.5 Å². The average Bonchev–Trinajstić information content (AvgIpc) is 2.92. The van der Waals surface area contributed by atoms with Crippen LogP contribution in [0.4, 0.5) is 0 Å². The van der Waals surface area contributed by atoms with Gasteiger partial charge in [0.2, 0.25) is 0 Å². The first-order valence-electron chi connectivity index (χ1n) is 7.56. The van der Waals surface area contributed by atoms with Crippen molar-refractivity contribution in [1.82, 2.24) is 9.47 Å². The first kappa shape index (κ1) is 17.0. The number of aryl methyl sites for hydroxylation is 1. The van der Waals surface area contributed by atoms with E-state index in [1.54, 1.807) is 20.1 Å². The molecular formula is C17H22N2O4. The predicted octanol–water partition coefficient (Wildman–Crippen LogP) is 1.83. The smallest absolute Gasteiger partial charge is 0.325 e. The quantitative estimate of drug-likeness (QED) is 0.731. The number of rotatable bonds is 7. The third kappa shape index (κ3) is 3.90. The number of hydrogen-bond donors (Lipinski definition) is 0. The van der Waals surface area contributed by atoms with E-state index in [2.05, 4.69) is 0 Å². The van der Waals surface area contributed by atoms with Crippen LogP contribution in [0.1, 0.15) is 17.3 Å². The number of aromatic nitrogens is 1. The van der Waals surface area contributed by atoms with Gasteiger partial charge in [0.1, 0.15) is 6.54 Å². The number of fused-ring (bicyclic) bond motifs is 1. The molecule has 0 saturated carbocycles. The molecule has 1 aromatic carbocycles. The Kier molecular flexibility index (Phi) is 5.76. The summed E-state index contributed by atoms with van der Waals surface area (Å²) in [6.07, 6.45) is 1.91. The number of carbonyl (C=O) groups is 2. The fourth-order valence-corrected chi connectivity index (χ4v) is 2.48. The van der Waals surface area contributed by atoms with Crippen molar-refractivity contribution in [3.63, 3.8) is 0 Å². The molecule has 1 aromatic heterocycles. The molecule has 0 spiro atoms. The van der Waals surface area contributed by atoms with E-state index in [1.165, 1.54) is 4.90 Å². The van der Waals surface area contributed by atoms with Crippen LogP contribution in [0.2, 0.25) is 0 Å². The maximum atomic E-state index is 12.9. The van der Waals surface area contributed by atoms with E-state index in [-0.39, 0.29) is 12.5 Å². The molecule has 0 N–H and O–H groups in total. The van der Waals surface area contributed by atoms with Crippen molar-refractivity contribution >= 4 is 22.8 Å². The summed E-state index contributed by atoms with van der Waals surface area (Å²) < 4.78 is 11.9. The topological polar surface area (TPSA) is 60.8 Å². The molecule has 6 nitrogen and oxygen atoms in total. The van der Waals surface area contributed by atoms with Gasteiger partial charge in [0, 0.05) is 43.4 Å². The lowest BCUT2D eigenvalue weighted by Gasteiger charge is -2.21. The minimum atomic E-state index is -0.419. The molecule has 2 rings (SSSR count). The largest absolute Gasteiger partial charge is 0.465 e. The monoisotopic (exact) mass is 318 g/mol. The summed E-state index contributed by atoms with van der Waals surface area (Å²) in [4.78, 5) is 26.1. The Bertz CT molecular complexity index is 693. The van der Waals surface area contributed by atoms with Gasteiger partial charge >= 0.3 is 5.97 Å². The molecule has 23 heavy (non-hydrogen) atoms. The van der Waals surface area contributed by atoms with Gasteiger partial charge in [-0.1, -0.05) is 6.07 Å². The summed E-state index contributed by atoms with van der Waals surface area (Å²) in [5, 5.41) is 0.867. The number of hydrogen-bond acceptors (Lipinski definition) is 4. The summed E-state index contributed by atoms with van der Waals surface area (Å²) in [6, 6.07) is 7.47. The van der Waals surface area contributed by atoms with Crippen molar-refractivity contribution in [3.05, 3.63) is 36.0 Å². The lowest BCUT2D eigenvalue weighted by atomic mass is 10.1. The minimum Gasteiger partial charge on any atom is -0.465 e. The molecule has 0 fully saturated rings. The van der Waals surface area contributed by atoms with Crippen molar-refractivity contribution in [2.45, 2.75) is 6.92 Å². The highest BCUT2D eigenvalue weighted by atomic mass is 16.5. The Morgan fingerprint density at radius 3 is 2.74 bits per heavy atom.